The largest absolute Gasteiger partial charge is 0.495 e. The van der Waals surface area contributed by atoms with Crippen LogP contribution in [0.5, 0.6) is 5.75 Å². The molecule has 0 unspecified atom stereocenters. The Hall–Kier alpha value is -3.08. The van der Waals surface area contributed by atoms with E-state index in [1.54, 1.807) is 7.11 Å². The third kappa shape index (κ3) is 4.51. The van der Waals surface area contributed by atoms with Crippen molar-refractivity contribution in [1.29, 1.82) is 0 Å². The van der Waals surface area contributed by atoms with Gasteiger partial charge in [-0.1, -0.05) is 35.9 Å². The number of benzene rings is 2. The van der Waals surface area contributed by atoms with Gasteiger partial charge in [0, 0.05) is 18.3 Å². The van der Waals surface area contributed by atoms with Crippen LogP contribution in [-0.4, -0.2) is 17.1 Å². The number of methoxy groups -OCH3 is 1. The SMILES string of the molecule is COc1ccc(C)cc1Nc1nc(C)cc(NCc2ccc(C)cc2)n1. The minimum atomic E-state index is 0.542. The van der Waals surface area contributed by atoms with Crippen LogP contribution in [0, 0.1) is 20.8 Å². The van der Waals surface area contributed by atoms with Gasteiger partial charge in [0.1, 0.15) is 11.6 Å². The van der Waals surface area contributed by atoms with E-state index in [9.17, 15) is 0 Å². The summed E-state index contributed by atoms with van der Waals surface area (Å²) in [6.45, 7) is 6.79. The van der Waals surface area contributed by atoms with Gasteiger partial charge in [-0.2, -0.15) is 4.98 Å². The number of hydrogen-bond donors (Lipinski definition) is 2. The summed E-state index contributed by atoms with van der Waals surface area (Å²) in [4.78, 5) is 9.06. The molecule has 3 aromatic rings. The molecule has 3 rings (SSSR count). The maximum atomic E-state index is 5.41. The van der Waals surface area contributed by atoms with Crippen molar-refractivity contribution in [3.8, 4) is 5.75 Å². The second kappa shape index (κ2) is 7.87. The van der Waals surface area contributed by atoms with Gasteiger partial charge in [0.2, 0.25) is 5.95 Å². The molecule has 26 heavy (non-hydrogen) atoms. The van der Waals surface area contributed by atoms with Gasteiger partial charge in [0.25, 0.3) is 0 Å². The third-order valence-electron chi connectivity index (χ3n) is 4.05. The van der Waals surface area contributed by atoms with E-state index >= 15 is 0 Å². The highest BCUT2D eigenvalue weighted by atomic mass is 16.5. The smallest absolute Gasteiger partial charge is 0.229 e. The number of hydrogen-bond acceptors (Lipinski definition) is 5. The lowest BCUT2D eigenvalue weighted by Gasteiger charge is -2.13. The van der Waals surface area contributed by atoms with E-state index in [0.29, 0.717) is 12.5 Å². The van der Waals surface area contributed by atoms with Crippen molar-refractivity contribution in [3.63, 3.8) is 0 Å². The maximum Gasteiger partial charge on any atom is 0.229 e. The molecular formula is C21H24N4O. The Kier molecular flexibility index (Phi) is 5.37. The molecular weight excluding hydrogens is 324 g/mol. The molecule has 0 aliphatic rings. The first-order valence-electron chi connectivity index (χ1n) is 8.60. The molecule has 2 N–H and O–H groups in total. The first-order valence-corrected chi connectivity index (χ1v) is 8.60. The first-order chi connectivity index (χ1) is 12.5. The Morgan fingerprint density at radius 1 is 0.885 bits per heavy atom. The van der Waals surface area contributed by atoms with Crippen LogP contribution in [-0.2, 0) is 6.54 Å². The van der Waals surface area contributed by atoms with Crippen LogP contribution in [0.1, 0.15) is 22.4 Å². The van der Waals surface area contributed by atoms with Gasteiger partial charge in [0.15, 0.2) is 0 Å². The van der Waals surface area contributed by atoms with Gasteiger partial charge >= 0.3 is 0 Å². The summed E-state index contributed by atoms with van der Waals surface area (Å²) < 4.78 is 5.41. The Morgan fingerprint density at radius 3 is 2.35 bits per heavy atom. The summed E-state index contributed by atoms with van der Waals surface area (Å²) in [5.74, 6) is 2.09. The second-order valence-electron chi connectivity index (χ2n) is 6.39. The van der Waals surface area contributed by atoms with Crippen molar-refractivity contribution in [2.24, 2.45) is 0 Å². The number of nitrogens with zero attached hydrogens (tertiary/aromatic N) is 2. The van der Waals surface area contributed by atoms with Crippen molar-refractivity contribution in [2.75, 3.05) is 17.7 Å². The lowest BCUT2D eigenvalue weighted by Crippen LogP contribution is -2.06. The topological polar surface area (TPSA) is 59.1 Å². The van der Waals surface area contributed by atoms with Gasteiger partial charge in [0.05, 0.1) is 12.8 Å². The molecule has 1 heterocycles. The highest BCUT2D eigenvalue weighted by molar-refractivity contribution is 5.64. The standard InChI is InChI=1S/C21H24N4O/c1-14-5-8-17(9-6-14)13-22-20-12-16(3)23-21(25-20)24-18-11-15(2)7-10-19(18)26-4/h5-12H,13H2,1-4H3,(H2,22,23,24,25). The average Bonchev–Trinajstić information content (AvgIpc) is 2.61. The molecule has 0 fully saturated rings. The first kappa shape index (κ1) is 17.7. The average molecular weight is 348 g/mol. The number of aryl methyl sites for hydroxylation is 3. The molecule has 2 aromatic carbocycles. The number of ether oxygens (including phenoxy) is 1. The van der Waals surface area contributed by atoms with Gasteiger partial charge < -0.3 is 15.4 Å². The van der Waals surface area contributed by atoms with Gasteiger partial charge in [-0.3, -0.25) is 0 Å². The zero-order valence-electron chi connectivity index (χ0n) is 15.6. The summed E-state index contributed by atoms with van der Waals surface area (Å²) in [5.41, 5.74) is 5.34. The fraction of sp³-hybridized carbons (Fsp3) is 0.238. The molecule has 0 radical (unpaired) electrons. The molecule has 0 atom stereocenters. The van der Waals surface area contributed by atoms with E-state index in [1.165, 1.54) is 11.1 Å². The molecule has 0 aliphatic heterocycles. The van der Waals surface area contributed by atoms with Crippen LogP contribution >= 0.6 is 0 Å². The van der Waals surface area contributed by atoms with Crippen molar-refractivity contribution < 1.29 is 4.74 Å². The quantitative estimate of drug-likeness (QED) is 0.672. The molecule has 0 saturated heterocycles. The lowest BCUT2D eigenvalue weighted by atomic mass is 10.1. The Bertz CT molecular complexity index is 891. The van der Waals surface area contributed by atoms with E-state index in [-0.39, 0.29) is 0 Å². The molecule has 0 amide bonds. The normalized spacial score (nSPS) is 10.5. The van der Waals surface area contributed by atoms with Crippen molar-refractivity contribution in [1.82, 2.24) is 9.97 Å². The molecule has 0 aliphatic carbocycles. The molecule has 0 saturated carbocycles. The molecule has 1 aromatic heterocycles. The monoisotopic (exact) mass is 348 g/mol. The van der Waals surface area contributed by atoms with Crippen LogP contribution in [0.25, 0.3) is 0 Å². The summed E-state index contributed by atoms with van der Waals surface area (Å²) >= 11 is 0. The summed E-state index contributed by atoms with van der Waals surface area (Å²) in [7, 11) is 1.65. The highest BCUT2D eigenvalue weighted by Crippen LogP contribution is 2.27. The van der Waals surface area contributed by atoms with Crippen LogP contribution in [0.3, 0.4) is 0 Å². The second-order valence-corrected chi connectivity index (χ2v) is 6.39. The van der Waals surface area contributed by atoms with Crippen molar-refractivity contribution in [2.45, 2.75) is 27.3 Å². The van der Waals surface area contributed by atoms with Crippen LogP contribution in [0.2, 0.25) is 0 Å². The van der Waals surface area contributed by atoms with E-state index in [4.69, 9.17) is 4.74 Å². The predicted octanol–water partition coefficient (Wildman–Crippen LogP) is 4.77. The van der Waals surface area contributed by atoms with E-state index < -0.39 is 0 Å². The van der Waals surface area contributed by atoms with Gasteiger partial charge in [-0.25, -0.2) is 4.98 Å². The summed E-state index contributed by atoms with van der Waals surface area (Å²) in [5, 5.41) is 6.63. The molecule has 5 heteroatoms. The zero-order valence-corrected chi connectivity index (χ0v) is 15.6. The van der Waals surface area contributed by atoms with Crippen LogP contribution in [0.15, 0.2) is 48.5 Å². The van der Waals surface area contributed by atoms with Gasteiger partial charge in [-0.15, -0.1) is 0 Å². The number of nitrogens with one attached hydrogen (secondary N) is 2. The fourth-order valence-electron chi connectivity index (χ4n) is 2.65. The summed E-state index contributed by atoms with van der Waals surface area (Å²) in [6.07, 6.45) is 0. The maximum absolute atomic E-state index is 5.41. The summed E-state index contributed by atoms with van der Waals surface area (Å²) in [6, 6.07) is 16.4. The minimum Gasteiger partial charge on any atom is -0.495 e. The number of rotatable bonds is 6. The van der Waals surface area contributed by atoms with E-state index in [2.05, 4.69) is 51.8 Å². The fourth-order valence-corrected chi connectivity index (χ4v) is 2.65. The van der Waals surface area contributed by atoms with E-state index in [1.807, 2.05) is 38.1 Å². The number of anilines is 3. The lowest BCUT2D eigenvalue weighted by molar-refractivity contribution is 0.416. The van der Waals surface area contributed by atoms with Crippen LogP contribution < -0.4 is 15.4 Å². The zero-order chi connectivity index (χ0) is 18.5. The Balaban J connectivity index is 1.77. The third-order valence-corrected chi connectivity index (χ3v) is 4.05. The highest BCUT2D eigenvalue weighted by Gasteiger charge is 2.07. The molecule has 0 bridgehead atoms. The van der Waals surface area contributed by atoms with Crippen LogP contribution in [0.4, 0.5) is 17.5 Å². The molecule has 134 valence electrons. The minimum absolute atomic E-state index is 0.542. The Labute approximate surface area is 154 Å². The van der Waals surface area contributed by atoms with E-state index in [0.717, 1.165) is 28.5 Å². The predicted molar refractivity (Wildman–Crippen MR) is 106 cm³/mol. The van der Waals surface area contributed by atoms with Gasteiger partial charge in [-0.05, 0) is 44.0 Å². The van der Waals surface area contributed by atoms with Crippen molar-refractivity contribution in [3.05, 3.63) is 70.9 Å². The van der Waals surface area contributed by atoms with Crippen molar-refractivity contribution >= 4 is 17.5 Å². The number of aromatic nitrogens is 2. The molecule has 5 nitrogen and oxygen atoms in total. The molecule has 0 spiro atoms. The Morgan fingerprint density at radius 2 is 1.62 bits per heavy atom.